The SMILES string of the molecule is OCC(Cl)(Cl)C=C(Cl)Cl. The summed E-state index contributed by atoms with van der Waals surface area (Å²) in [5.41, 5.74) is 0. The Hall–Kier alpha value is 0.860. The summed E-state index contributed by atoms with van der Waals surface area (Å²) in [5, 5.41) is 8.42. The third-order valence-electron chi connectivity index (χ3n) is 0.531. The highest BCUT2D eigenvalue weighted by Crippen LogP contribution is 2.25. The molecule has 0 bridgehead atoms. The van der Waals surface area contributed by atoms with Crippen molar-refractivity contribution in [1.82, 2.24) is 0 Å². The molecule has 0 spiro atoms. The smallest absolute Gasteiger partial charge is 0.161 e. The first-order valence-electron chi connectivity index (χ1n) is 2.00. The zero-order chi connectivity index (χ0) is 7.49. The Morgan fingerprint density at radius 1 is 1.44 bits per heavy atom. The van der Waals surface area contributed by atoms with Gasteiger partial charge in [0.15, 0.2) is 4.33 Å². The number of rotatable bonds is 2. The molecule has 0 heterocycles. The first-order chi connectivity index (χ1) is 3.98. The molecule has 5 heteroatoms. The van der Waals surface area contributed by atoms with Crippen molar-refractivity contribution in [2.24, 2.45) is 0 Å². The minimum atomic E-state index is -1.36. The molecule has 0 saturated heterocycles. The van der Waals surface area contributed by atoms with E-state index in [1.807, 2.05) is 0 Å². The summed E-state index contributed by atoms with van der Waals surface area (Å²) in [6, 6.07) is 0. The molecule has 0 aliphatic heterocycles. The van der Waals surface area contributed by atoms with Gasteiger partial charge in [0, 0.05) is 0 Å². The molecule has 1 nitrogen and oxygen atoms in total. The molecule has 0 aliphatic carbocycles. The van der Waals surface area contributed by atoms with Gasteiger partial charge in [0.05, 0.1) is 6.61 Å². The molecule has 0 fully saturated rings. The van der Waals surface area contributed by atoms with Crippen LogP contribution < -0.4 is 0 Å². The molecule has 0 radical (unpaired) electrons. The Labute approximate surface area is 73.2 Å². The van der Waals surface area contributed by atoms with E-state index in [0.29, 0.717) is 0 Å². The predicted octanol–water partition coefficient (Wildman–Crippen LogP) is 2.47. The number of halogens is 4. The van der Waals surface area contributed by atoms with E-state index in [9.17, 15) is 0 Å². The number of hydrogen-bond acceptors (Lipinski definition) is 1. The number of aliphatic hydroxyl groups excluding tert-OH is 1. The van der Waals surface area contributed by atoms with Crippen LogP contribution >= 0.6 is 46.4 Å². The van der Waals surface area contributed by atoms with E-state index in [-0.39, 0.29) is 4.49 Å². The van der Waals surface area contributed by atoms with E-state index in [4.69, 9.17) is 51.5 Å². The van der Waals surface area contributed by atoms with Crippen LogP contribution in [0.4, 0.5) is 0 Å². The van der Waals surface area contributed by atoms with Crippen LogP contribution in [0.15, 0.2) is 10.6 Å². The summed E-state index contributed by atoms with van der Waals surface area (Å²) in [6.45, 7) is -0.418. The summed E-state index contributed by atoms with van der Waals surface area (Å²) in [6.07, 6.45) is 1.14. The highest BCUT2D eigenvalue weighted by Gasteiger charge is 2.19. The summed E-state index contributed by atoms with van der Waals surface area (Å²) in [7, 11) is 0. The van der Waals surface area contributed by atoms with Gasteiger partial charge in [-0.15, -0.1) is 0 Å². The topological polar surface area (TPSA) is 20.2 Å². The summed E-state index contributed by atoms with van der Waals surface area (Å²) >= 11 is 21.1. The molecule has 54 valence electrons. The minimum absolute atomic E-state index is 0.0611. The molecule has 9 heavy (non-hydrogen) atoms. The summed E-state index contributed by atoms with van der Waals surface area (Å²) in [5.74, 6) is 0. The van der Waals surface area contributed by atoms with Crippen LogP contribution in [0.2, 0.25) is 0 Å². The predicted molar refractivity (Wildman–Crippen MR) is 41.3 cm³/mol. The van der Waals surface area contributed by atoms with Crippen molar-refractivity contribution < 1.29 is 5.11 Å². The Morgan fingerprint density at radius 3 is 2.00 bits per heavy atom. The monoisotopic (exact) mass is 208 g/mol. The van der Waals surface area contributed by atoms with Gasteiger partial charge in [-0.05, 0) is 6.08 Å². The van der Waals surface area contributed by atoms with E-state index < -0.39 is 10.9 Å². The molecular weight excluding hydrogens is 206 g/mol. The molecule has 0 unspecified atom stereocenters. The van der Waals surface area contributed by atoms with Crippen molar-refractivity contribution in [3.63, 3.8) is 0 Å². The van der Waals surface area contributed by atoms with E-state index in [2.05, 4.69) is 0 Å². The van der Waals surface area contributed by atoms with Gasteiger partial charge in [-0.1, -0.05) is 46.4 Å². The van der Waals surface area contributed by atoms with Crippen LogP contribution in [-0.2, 0) is 0 Å². The lowest BCUT2D eigenvalue weighted by atomic mass is 10.4. The maximum absolute atomic E-state index is 8.42. The Kier molecular flexibility index (Phi) is 4.26. The van der Waals surface area contributed by atoms with Crippen molar-refractivity contribution in [3.05, 3.63) is 10.6 Å². The average Bonchev–Trinajstić information content (AvgIpc) is 1.63. The van der Waals surface area contributed by atoms with Gasteiger partial charge in [0.25, 0.3) is 0 Å². The van der Waals surface area contributed by atoms with Gasteiger partial charge in [-0.2, -0.15) is 0 Å². The van der Waals surface area contributed by atoms with E-state index >= 15 is 0 Å². The molecule has 0 rings (SSSR count). The molecule has 0 aromatic rings. The number of alkyl halides is 2. The Bertz CT molecular complexity index is 116. The summed E-state index contributed by atoms with van der Waals surface area (Å²) < 4.78 is -1.42. The minimum Gasteiger partial charge on any atom is -0.393 e. The van der Waals surface area contributed by atoms with Crippen molar-refractivity contribution in [2.45, 2.75) is 4.33 Å². The van der Waals surface area contributed by atoms with Gasteiger partial charge in [-0.3, -0.25) is 0 Å². The molecule has 0 saturated carbocycles. The summed E-state index contributed by atoms with van der Waals surface area (Å²) in [4.78, 5) is 0. The fourth-order valence-corrected chi connectivity index (χ4v) is 1.02. The van der Waals surface area contributed by atoms with Crippen LogP contribution in [0, 0.1) is 0 Å². The third-order valence-corrected chi connectivity index (χ3v) is 1.21. The quantitative estimate of drug-likeness (QED) is 0.694. The fraction of sp³-hybridized carbons (Fsp3) is 0.500. The van der Waals surface area contributed by atoms with Gasteiger partial charge in [0.2, 0.25) is 0 Å². The molecule has 0 atom stereocenters. The van der Waals surface area contributed by atoms with Crippen molar-refractivity contribution in [2.75, 3.05) is 6.61 Å². The average molecular weight is 210 g/mol. The Balaban J connectivity index is 4.01. The molecule has 0 aliphatic rings. The van der Waals surface area contributed by atoms with Crippen LogP contribution in [0.3, 0.4) is 0 Å². The Morgan fingerprint density at radius 2 is 1.89 bits per heavy atom. The number of aliphatic hydroxyl groups is 1. The second kappa shape index (κ2) is 3.89. The van der Waals surface area contributed by atoms with Crippen molar-refractivity contribution in [3.8, 4) is 0 Å². The second-order valence-corrected chi connectivity index (χ2v) is 3.90. The fourth-order valence-electron chi connectivity index (χ4n) is 0.205. The standard InChI is InChI=1S/C4H4Cl4O/c5-3(6)1-4(7,8)2-9/h1,9H,2H2. The zero-order valence-electron chi connectivity index (χ0n) is 4.24. The van der Waals surface area contributed by atoms with Crippen LogP contribution in [-0.4, -0.2) is 16.0 Å². The molecule has 0 aromatic heterocycles. The normalized spacial score (nSPS) is 11.2. The first-order valence-corrected chi connectivity index (χ1v) is 3.51. The maximum Gasteiger partial charge on any atom is 0.161 e. The largest absolute Gasteiger partial charge is 0.393 e. The molecular formula is C4H4Cl4O. The van der Waals surface area contributed by atoms with Crippen LogP contribution in [0.25, 0.3) is 0 Å². The highest BCUT2D eigenvalue weighted by molar-refractivity contribution is 6.58. The lowest BCUT2D eigenvalue weighted by Gasteiger charge is -2.08. The van der Waals surface area contributed by atoms with Crippen molar-refractivity contribution in [1.29, 1.82) is 0 Å². The van der Waals surface area contributed by atoms with Gasteiger partial charge in [-0.25, -0.2) is 0 Å². The van der Waals surface area contributed by atoms with Gasteiger partial charge in [0.1, 0.15) is 4.49 Å². The van der Waals surface area contributed by atoms with Gasteiger partial charge >= 0.3 is 0 Å². The first kappa shape index (κ1) is 9.86. The second-order valence-electron chi connectivity index (χ2n) is 1.35. The molecule has 0 aromatic carbocycles. The van der Waals surface area contributed by atoms with E-state index in [0.717, 1.165) is 6.08 Å². The number of hydrogen-bond donors (Lipinski definition) is 1. The molecule has 1 N–H and O–H groups in total. The van der Waals surface area contributed by atoms with Crippen LogP contribution in [0.1, 0.15) is 0 Å². The van der Waals surface area contributed by atoms with E-state index in [1.165, 1.54) is 0 Å². The zero-order valence-corrected chi connectivity index (χ0v) is 7.27. The van der Waals surface area contributed by atoms with Crippen molar-refractivity contribution >= 4 is 46.4 Å². The van der Waals surface area contributed by atoms with E-state index in [1.54, 1.807) is 0 Å². The third kappa shape index (κ3) is 5.31. The lowest BCUT2D eigenvalue weighted by molar-refractivity contribution is 0.294. The van der Waals surface area contributed by atoms with Gasteiger partial charge < -0.3 is 5.11 Å². The highest BCUT2D eigenvalue weighted by atomic mass is 35.5. The van der Waals surface area contributed by atoms with Crippen LogP contribution in [0.5, 0.6) is 0 Å². The lowest BCUT2D eigenvalue weighted by Crippen LogP contribution is -2.14. The molecule has 0 amide bonds. The maximum atomic E-state index is 8.42.